The summed E-state index contributed by atoms with van der Waals surface area (Å²) in [5.41, 5.74) is 0.679. The van der Waals surface area contributed by atoms with Crippen LogP contribution in [0.2, 0.25) is 0 Å². The van der Waals surface area contributed by atoms with Gasteiger partial charge < -0.3 is 14.6 Å². The summed E-state index contributed by atoms with van der Waals surface area (Å²) in [6.07, 6.45) is 0.834. The zero-order valence-electron chi connectivity index (χ0n) is 8.45. The molecule has 0 bridgehead atoms. The van der Waals surface area contributed by atoms with E-state index in [4.69, 9.17) is 9.47 Å². The predicted octanol–water partition coefficient (Wildman–Crippen LogP) is 1.64. The van der Waals surface area contributed by atoms with Crippen molar-refractivity contribution in [2.45, 2.75) is 19.8 Å². The van der Waals surface area contributed by atoms with E-state index in [2.05, 4.69) is 0 Å². The van der Waals surface area contributed by atoms with Gasteiger partial charge >= 0.3 is 5.97 Å². The van der Waals surface area contributed by atoms with Crippen LogP contribution in [0.25, 0.3) is 0 Å². The van der Waals surface area contributed by atoms with E-state index in [0.29, 0.717) is 36.5 Å². The second-order valence-electron chi connectivity index (χ2n) is 3.33. The molecule has 0 radical (unpaired) electrons. The summed E-state index contributed by atoms with van der Waals surface area (Å²) in [5, 5.41) is 9.68. The Morgan fingerprint density at radius 3 is 3.00 bits per heavy atom. The molecule has 4 heteroatoms. The van der Waals surface area contributed by atoms with Gasteiger partial charge in [0.25, 0.3) is 0 Å². The highest BCUT2D eigenvalue weighted by Crippen LogP contribution is 2.36. The molecule has 0 amide bonds. The SMILES string of the molecule is CCOc1cc(O)c2c(c1)OC(=O)CC2. The Morgan fingerprint density at radius 2 is 2.27 bits per heavy atom. The molecule has 0 unspecified atom stereocenters. The van der Waals surface area contributed by atoms with Crippen molar-refractivity contribution < 1.29 is 19.4 Å². The van der Waals surface area contributed by atoms with Crippen LogP contribution >= 0.6 is 0 Å². The molecule has 80 valence electrons. The molecular weight excluding hydrogens is 196 g/mol. The van der Waals surface area contributed by atoms with Crippen molar-refractivity contribution in [3.63, 3.8) is 0 Å². The molecule has 0 aromatic heterocycles. The standard InChI is InChI=1S/C11H12O4/c1-2-14-7-5-9(12)8-3-4-11(13)15-10(8)6-7/h5-6,12H,2-4H2,1H3. The number of rotatable bonds is 2. The maximum Gasteiger partial charge on any atom is 0.311 e. The van der Waals surface area contributed by atoms with Crippen LogP contribution in [0.15, 0.2) is 12.1 Å². The van der Waals surface area contributed by atoms with E-state index in [1.54, 1.807) is 12.1 Å². The molecule has 2 rings (SSSR count). The van der Waals surface area contributed by atoms with Crippen molar-refractivity contribution in [2.24, 2.45) is 0 Å². The second kappa shape index (κ2) is 3.81. The fourth-order valence-corrected chi connectivity index (χ4v) is 1.60. The zero-order valence-corrected chi connectivity index (χ0v) is 8.45. The number of ether oxygens (including phenoxy) is 2. The smallest absolute Gasteiger partial charge is 0.311 e. The van der Waals surface area contributed by atoms with Gasteiger partial charge in [0.15, 0.2) is 0 Å². The van der Waals surface area contributed by atoms with Gasteiger partial charge in [-0.2, -0.15) is 0 Å². The van der Waals surface area contributed by atoms with Gasteiger partial charge in [0.05, 0.1) is 13.0 Å². The molecule has 0 saturated carbocycles. The summed E-state index contributed by atoms with van der Waals surface area (Å²) in [7, 11) is 0. The van der Waals surface area contributed by atoms with Crippen molar-refractivity contribution in [1.82, 2.24) is 0 Å². The maximum absolute atomic E-state index is 11.1. The van der Waals surface area contributed by atoms with Gasteiger partial charge in [-0.1, -0.05) is 0 Å². The molecular formula is C11H12O4. The first-order valence-electron chi connectivity index (χ1n) is 4.90. The van der Waals surface area contributed by atoms with E-state index in [1.165, 1.54) is 0 Å². The van der Waals surface area contributed by atoms with Crippen molar-refractivity contribution in [3.05, 3.63) is 17.7 Å². The summed E-state index contributed by atoms with van der Waals surface area (Å²) >= 11 is 0. The molecule has 1 aliphatic heterocycles. The van der Waals surface area contributed by atoms with Crippen LogP contribution in [0.4, 0.5) is 0 Å². The number of hydrogen-bond donors (Lipinski definition) is 1. The number of phenols is 1. The molecule has 0 fully saturated rings. The Morgan fingerprint density at radius 1 is 1.47 bits per heavy atom. The molecule has 0 spiro atoms. The van der Waals surface area contributed by atoms with Gasteiger partial charge in [0.2, 0.25) is 0 Å². The first-order valence-corrected chi connectivity index (χ1v) is 4.90. The summed E-state index contributed by atoms with van der Waals surface area (Å²) < 4.78 is 10.3. The van der Waals surface area contributed by atoms with E-state index in [0.717, 1.165) is 0 Å². The third-order valence-corrected chi connectivity index (χ3v) is 2.27. The van der Waals surface area contributed by atoms with Crippen LogP contribution in [0.3, 0.4) is 0 Å². The van der Waals surface area contributed by atoms with Gasteiger partial charge in [-0.3, -0.25) is 4.79 Å². The highest BCUT2D eigenvalue weighted by atomic mass is 16.5. The normalized spacial score (nSPS) is 14.3. The Bertz CT molecular complexity index is 398. The van der Waals surface area contributed by atoms with Crippen LogP contribution < -0.4 is 9.47 Å². The van der Waals surface area contributed by atoms with Crippen molar-refractivity contribution >= 4 is 5.97 Å². The third-order valence-electron chi connectivity index (χ3n) is 2.27. The number of esters is 1. The molecule has 0 atom stereocenters. The molecule has 0 aliphatic carbocycles. The Labute approximate surface area is 87.4 Å². The molecule has 1 aromatic rings. The molecule has 4 nitrogen and oxygen atoms in total. The molecule has 1 N–H and O–H groups in total. The molecule has 1 heterocycles. The Hall–Kier alpha value is -1.71. The lowest BCUT2D eigenvalue weighted by Crippen LogP contribution is -2.15. The summed E-state index contributed by atoms with van der Waals surface area (Å²) in [6.45, 7) is 2.36. The van der Waals surface area contributed by atoms with Crippen LogP contribution in [-0.4, -0.2) is 17.7 Å². The minimum Gasteiger partial charge on any atom is -0.507 e. The van der Waals surface area contributed by atoms with Gasteiger partial charge in [0, 0.05) is 17.7 Å². The van der Waals surface area contributed by atoms with E-state index in [1.807, 2.05) is 6.92 Å². The minimum atomic E-state index is -0.268. The minimum absolute atomic E-state index is 0.128. The van der Waals surface area contributed by atoms with Gasteiger partial charge in [0.1, 0.15) is 17.2 Å². The van der Waals surface area contributed by atoms with Crippen LogP contribution in [0, 0.1) is 0 Å². The maximum atomic E-state index is 11.1. The van der Waals surface area contributed by atoms with Crippen LogP contribution in [-0.2, 0) is 11.2 Å². The number of carbonyl (C=O) groups is 1. The van der Waals surface area contributed by atoms with Gasteiger partial charge in [-0.25, -0.2) is 0 Å². The van der Waals surface area contributed by atoms with Gasteiger partial charge in [-0.05, 0) is 13.3 Å². The van der Waals surface area contributed by atoms with Crippen molar-refractivity contribution in [1.29, 1.82) is 0 Å². The quantitative estimate of drug-likeness (QED) is 0.593. The summed E-state index contributed by atoms with van der Waals surface area (Å²) in [5.74, 6) is 0.789. The predicted molar refractivity (Wildman–Crippen MR) is 53.2 cm³/mol. The first-order chi connectivity index (χ1) is 7.20. The summed E-state index contributed by atoms with van der Waals surface area (Å²) in [6, 6.07) is 3.18. The van der Waals surface area contributed by atoms with Gasteiger partial charge in [-0.15, -0.1) is 0 Å². The number of hydrogen-bond acceptors (Lipinski definition) is 4. The summed E-state index contributed by atoms with van der Waals surface area (Å²) in [4.78, 5) is 11.1. The molecule has 0 saturated heterocycles. The number of aromatic hydroxyl groups is 1. The number of carbonyl (C=O) groups excluding carboxylic acids is 1. The number of fused-ring (bicyclic) bond motifs is 1. The highest BCUT2D eigenvalue weighted by molar-refractivity contribution is 5.76. The fourth-order valence-electron chi connectivity index (χ4n) is 1.60. The first kappa shape index (κ1) is 9.83. The average molecular weight is 208 g/mol. The lowest BCUT2D eigenvalue weighted by Gasteiger charge is -2.17. The topological polar surface area (TPSA) is 55.8 Å². The molecule has 1 aliphatic rings. The fraction of sp³-hybridized carbons (Fsp3) is 0.364. The third kappa shape index (κ3) is 1.88. The lowest BCUT2D eigenvalue weighted by molar-refractivity contribution is -0.135. The van der Waals surface area contributed by atoms with E-state index in [9.17, 15) is 9.90 Å². The zero-order chi connectivity index (χ0) is 10.8. The van der Waals surface area contributed by atoms with Crippen LogP contribution in [0.5, 0.6) is 17.2 Å². The number of phenolic OH excluding ortho intramolecular Hbond substituents is 1. The monoisotopic (exact) mass is 208 g/mol. The molecule has 1 aromatic carbocycles. The van der Waals surface area contributed by atoms with Crippen molar-refractivity contribution in [2.75, 3.05) is 6.61 Å². The number of benzene rings is 1. The lowest BCUT2D eigenvalue weighted by atomic mass is 10.0. The average Bonchev–Trinajstić information content (AvgIpc) is 2.17. The highest BCUT2D eigenvalue weighted by Gasteiger charge is 2.21. The van der Waals surface area contributed by atoms with Crippen molar-refractivity contribution in [3.8, 4) is 17.2 Å². The Kier molecular flexibility index (Phi) is 2.49. The Balaban J connectivity index is 2.39. The second-order valence-corrected chi connectivity index (χ2v) is 3.33. The largest absolute Gasteiger partial charge is 0.507 e. The van der Waals surface area contributed by atoms with E-state index in [-0.39, 0.29) is 11.7 Å². The van der Waals surface area contributed by atoms with Crippen LogP contribution in [0.1, 0.15) is 18.9 Å². The van der Waals surface area contributed by atoms with E-state index >= 15 is 0 Å². The molecule has 15 heavy (non-hydrogen) atoms. The van der Waals surface area contributed by atoms with E-state index < -0.39 is 0 Å².